The molecule has 0 heterocycles. The first-order chi connectivity index (χ1) is 8.79. The van der Waals surface area contributed by atoms with Gasteiger partial charge in [-0.2, -0.15) is 0 Å². The predicted molar refractivity (Wildman–Crippen MR) is 75.2 cm³/mol. The summed E-state index contributed by atoms with van der Waals surface area (Å²) in [7, 11) is 0. The van der Waals surface area contributed by atoms with E-state index >= 15 is 0 Å². The van der Waals surface area contributed by atoms with E-state index < -0.39 is 17.5 Å². The topological polar surface area (TPSA) is 57.5 Å². The summed E-state index contributed by atoms with van der Waals surface area (Å²) in [5, 5.41) is 21.0. The van der Waals surface area contributed by atoms with Gasteiger partial charge < -0.3 is 10.2 Å². The second-order valence-electron chi connectivity index (χ2n) is 5.44. The van der Waals surface area contributed by atoms with Crippen molar-refractivity contribution in [3.63, 3.8) is 0 Å². The van der Waals surface area contributed by atoms with Gasteiger partial charge in [0.1, 0.15) is 0 Å². The fourth-order valence-electron chi connectivity index (χ4n) is 2.06. The Bertz CT molecular complexity index is 623. The standard InChI is InChI=1S/C16H18O3/c1-10(15(17)18)11-4-5-13-9-14(16(2,3)19)7-6-12(13)8-11/h4-10,19H,1-3H3,(H,17,18). The molecule has 2 aromatic carbocycles. The minimum atomic E-state index is -0.874. The summed E-state index contributed by atoms with van der Waals surface area (Å²) in [4.78, 5) is 11.0. The van der Waals surface area contributed by atoms with Crippen LogP contribution in [-0.4, -0.2) is 16.2 Å². The Morgan fingerprint density at radius 3 is 2.26 bits per heavy atom. The molecule has 1 atom stereocenters. The normalized spacial score (nSPS) is 13.5. The number of hydrogen-bond donors (Lipinski definition) is 2. The number of benzene rings is 2. The zero-order valence-corrected chi connectivity index (χ0v) is 11.3. The Morgan fingerprint density at radius 2 is 1.68 bits per heavy atom. The highest BCUT2D eigenvalue weighted by Gasteiger charge is 2.17. The molecule has 0 aromatic heterocycles. The van der Waals surface area contributed by atoms with Gasteiger partial charge in [0.05, 0.1) is 11.5 Å². The molecule has 3 heteroatoms. The molecule has 1 unspecified atom stereocenters. The lowest BCUT2D eigenvalue weighted by atomic mass is 9.93. The first-order valence-electron chi connectivity index (χ1n) is 6.28. The van der Waals surface area contributed by atoms with E-state index in [0.29, 0.717) is 0 Å². The van der Waals surface area contributed by atoms with Crippen LogP contribution in [0.4, 0.5) is 0 Å². The van der Waals surface area contributed by atoms with E-state index in [0.717, 1.165) is 21.9 Å². The highest BCUT2D eigenvalue weighted by molar-refractivity contribution is 5.86. The van der Waals surface area contributed by atoms with E-state index in [4.69, 9.17) is 5.11 Å². The Balaban J connectivity index is 2.49. The van der Waals surface area contributed by atoms with Crippen molar-refractivity contribution in [2.45, 2.75) is 32.3 Å². The van der Waals surface area contributed by atoms with E-state index in [-0.39, 0.29) is 0 Å². The van der Waals surface area contributed by atoms with Crippen LogP contribution in [0.15, 0.2) is 36.4 Å². The number of carbonyl (C=O) groups is 1. The number of aliphatic hydroxyl groups is 1. The van der Waals surface area contributed by atoms with Gasteiger partial charge in [0, 0.05) is 0 Å². The number of fused-ring (bicyclic) bond motifs is 1. The van der Waals surface area contributed by atoms with Gasteiger partial charge in [-0.15, -0.1) is 0 Å². The minimum Gasteiger partial charge on any atom is -0.481 e. The van der Waals surface area contributed by atoms with Gasteiger partial charge in [-0.25, -0.2) is 0 Å². The van der Waals surface area contributed by atoms with Crippen LogP contribution in [0.2, 0.25) is 0 Å². The maximum absolute atomic E-state index is 11.0. The maximum atomic E-state index is 11.0. The van der Waals surface area contributed by atoms with Crippen molar-refractivity contribution in [1.82, 2.24) is 0 Å². The van der Waals surface area contributed by atoms with Crippen LogP contribution < -0.4 is 0 Å². The molecule has 0 aliphatic rings. The Labute approximate surface area is 112 Å². The SMILES string of the molecule is CC(C(=O)O)c1ccc2cc(C(C)(C)O)ccc2c1. The molecule has 0 aliphatic carbocycles. The predicted octanol–water partition coefficient (Wildman–Crippen LogP) is 3.26. The lowest BCUT2D eigenvalue weighted by Crippen LogP contribution is -2.15. The summed E-state index contributed by atoms with van der Waals surface area (Å²) < 4.78 is 0. The molecule has 0 fully saturated rings. The van der Waals surface area contributed by atoms with Crippen LogP contribution in [0.5, 0.6) is 0 Å². The van der Waals surface area contributed by atoms with E-state index in [2.05, 4.69) is 0 Å². The first kappa shape index (κ1) is 13.6. The molecule has 0 amide bonds. The number of aliphatic carboxylic acids is 1. The smallest absolute Gasteiger partial charge is 0.310 e. The molecule has 2 aromatic rings. The molecular formula is C16H18O3. The van der Waals surface area contributed by atoms with Crippen molar-refractivity contribution < 1.29 is 15.0 Å². The van der Waals surface area contributed by atoms with Gasteiger partial charge in [-0.1, -0.05) is 30.3 Å². The first-order valence-corrected chi connectivity index (χ1v) is 6.28. The largest absolute Gasteiger partial charge is 0.481 e. The van der Waals surface area contributed by atoms with Gasteiger partial charge in [0.25, 0.3) is 0 Å². The molecular weight excluding hydrogens is 240 g/mol. The third kappa shape index (κ3) is 2.76. The lowest BCUT2D eigenvalue weighted by molar-refractivity contribution is -0.138. The molecule has 19 heavy (non-hydrogen) atoms. The third-order valence-corrected chi connectivity index (χ3v) is 3.44. The van der Waals surface area contributed by atoms with Crippen molar-refractivity contribution >= 4 is 16.7 Å². The van der Waals surface area contributed by atoms with Crippen LogP contribution in [0.1, 0.15) is 37.8 Å². The average Bonchev–Trinajstić information content (AvgIpc) is 2.35. The van der Waals surface area contributed by atoms with Gasteiger partial charge >= 0.3 is 5.97 Å². The van der Waals surface area contributed by atoms with Gasteiger partial charge in [-0.3, -0.25) is 4.79 Å². The van der Waals surface area contributed by atoms with Crippen molar-refractivity contribution in [1.29, 1.82) is 0 Å². The summed E-state index contributed by atoms with van der Waals surface area (Å²) in [5.41, 5.74) is 0.761. The van der Waals surface area contributed by atoms with Crippen LogP contribution in [0, 0.1) is 0 Å². The fraction of sp³-hybridized carbons (Fsp3) is 0.312. The molecule has 0 radical (unpaired) electrons. The zero-order chi connectivity index (χ0) is 14.2. The highest BCUT2D eigenvalue weighted by Crippen LogP contribution is 2.27. The molecule has 100 valence electrons. The van der Waals surface area contributed by atoms with Gasteiger partial charge in [-0.05, 0) is 48.7 Å². The van der Waals surface area contributed by atoms with Crippen LogP contribution in [0.25, 0.3) is 10.8 Å². The molecule has 3 nitrogen and oxygen atoms in total. The Morgan fingerprint density at radius 1 is 1.11 bits per heavy atom. The maximum Gasteiger partial charge on any atom is 0.310 e. The second-order valence-corrected chi connectivity index (χ2v) is 5.44. The summed E-state index contributed by atoms with van der Waals surface area (Å²) in [6, 6.07) is 11.3. The van der Waals surface area contributed by atoms with E-state index in [1.165, 1.54) is 0 Å². The van der Waals surface area contributed by atoms with E-state index in [1.807, 2.05) is 36.4 Å². The van der Waals surface area contributed by atoms with Crippen LogP contribution in [0.3, 0.4) is 0 Å². The summed E-state index contributed by atoms with van der Waals surface area (Å²) in [6.07, 6.45) is 0. The molecule has 0 bridgehead atoms. The molecule has 0 spiro atoms. The Kier molecular flexibility index (Phi) is 3.33. The van der Waals surface area contributed by atoms with Crippen molar-refractivity contribution in [2.75, 3.05) is 0 Å². The van der Waals surface area contributed by atoms with E-state index in [9.17, 15) is 9.90 Å². The minimum absolute atomic E-state index is 0.515. The van der Waals surface area contributed by atoms with Crippen molar-refractivity contribution in [3.05, 3.63) is 47.5 Å². The number of rotatable bonds is 3. The molecule has 0 saturated heterocycles. The third-order valence-electron chi connectivity index (χ3n) is 3.44. The number of carboxylic acids is 1. The second kappa shape index (κ2) is 4.67. The number of carboxylic acid groups (broad SMARTS) is 1. The van der Waals surface area contributed by atoms with E-state index in [1.54, 1.807) is 20.8 Å². The van der Waals surface area contributed by atoms with Gasteiger partial charge in [0.2, 0.25) is 0 Å². The lowest BCUT2D eigenvalue weighted by Gasteiger charge is -2.18. The monoisotopic (exact) mass is 258 g/mol. The number of hydrogen-bond acceptors (Lipinski definition) is 2. The summed E-state index contributed by atoms with van der Waals surface area (Å²) in [5.74, 6) is -1.34. The van der Waals surface area contributed by atoms with Crippen molar-refractivity contribution in [2.24, 2.45) is 0 Å². The fourth-order valence-corrected chi connectivity index (χ4v) is 2.06. The van der Waals surface area contributed by atoms with Crippen LogP contribution in [-0.2, 0) is 10.4 Å². The molecule has 2 N–H and O–H groups in total. The quantitative estimate of drug-likeness (QED) is 0.888. The summed E-state index contributed by atoms with van der Waals surface area (Å²) in [6.45, 7) is 5.17. The Hall–Kier alpha value is -1.87. The average molecular weight is 258 g/mol. The summed E-state index contributed by atoms with van der Waals surface area (Å²) >= 11 is 0. The zero-order valence-electron chi connectivity index (χ0n) is 11.3. The molecule has 0 saturated carbocycles. The molecule has 2 rings (SSSR count). The van der Waals surface area contributed by atoms with Gasteiger partial charge in [0.15, 0.2) is 0 Å². The van der Waals surface area contributed by atoms with Crippen LogP contribution >= 0.6 is 0 Å². The highest BCUT2D eigenvalue weighted by atomic mass is 16.4. The van der Waals surface area contributed by atoms with Crippen molar-refractivity contribution in [3.8, 4) is 0 Å². The molecule has 0 aliphatic heterocycles.